The molecule has 2 aromatic rings. The lowest BCUT2D eigenvalue weighted by Crippen LogP contribution is -2.47. The maximum Gasteiger partial charge on any atom is 0.115 e. The summed E-state index contributed by atoms with van der Waals surface area (Å²) in [4.78, 5) is 0. The highest BCUT2D eigenvalue weighted by Gasteiger charge is 2.51. The molecule has 2 nitrogen and oxygen atoms in total. The molecule has 0 saturated heterocycles. The van der Waals surface area contributed by atoms with Gasteiger partial charge >= 0.3 is 0 Å². The van der Waals surface area contributed by atoms with Crippen LogP contribution < -0.4 is 0 Å². The SMILES string of the molecule is CC(C)(C)CC(C)(C)C1CC(C(C)(C)CC(C)(C)C)CC(c2ccc(O)cc2)(c2ccc(O)cc2)C1. The second-order valence-electron chi connectivity index (χ2n) is 15.7. The largest absolute Gasteiger partial charge is 0.508 e. The van der Waals surface area contributed by atoms with Crippen molar-refractivity contribution in [3.63, 3.8) is 0 Å². The van der Waals surface area contributed by atoms with Gasteiger partial charge in [0, 0.05) is 5.41 Å². The van der Waals surface area contributed by atoms with Gasteiger partial charge in [-0.25, -0.2) is 0 Å². The predicted molar refractivity (Wildman–Crippen MR) is 154 cm³/mol. The van der Waals surface area contributed by atoms with E-state index in [2.05, 4.69) is 93.5 Å². The summed E-state index contributed by atoms with van der Waals surface area (Å²) in [6, 6.07) is 15.9. The van der Waals surface area contributed by atoms with Crippen molar-refractivity contribution in [2.75, 3.05) is 0 Å². The van der Waals surface area contributed by atoms with Crippen LogP contribution in [0, 0.1) is 33.5 Å². The molecule has 1 aliphatic rings. The van der Waals surface area contributed by atoms with Crippen molar-refractivity contribution in [3.8, 4) is 11.5 Å². The molecule has 0 aromatic heterocycles. The van der Waals surface area contributed by atoms with Gasteiger partial charge in [0.2, 0.25) is 0 Å². The molecule has 2 N–H and O–H groups in total. The van der Waals surface area contributed by atoms with Crippen molar-refractivity contribution < 1.29 is 10.2 Å². The Morgan fingerprint density at radius 1 is 0.583 bits per heavy atom. The van der Waals surface area contributed by atoms with Crippen LogP contribution >= 0.6 is 0 Å². The maximum atomic E-state index is 10.1. The number of rotatable bonds is 6. The summed E-state index contributed by atoms with van der Waals surface area (Å²) in [6.07, 6.45) is 5.75. The molecule has 3 rings (SSSR count). The second kappa shape index (κ2) is 9.73. The van der Waals surface area contributed by atoms with Gasteiger partial charge in [-0.3, -0.25) is 0 Å². The van der Waals surface area contributed by atoms with Crippen LogP contribution in [0.25, 0.3) is 0 Å². The minimum atomic E-state index is -0.167. The van der Waals surface area contributed by atoms with Crippen molar-refractivity contribution >= 4 is 0 Å². The first-order valence-electron chi connectivity index (χ1n) is 13.9. The Morgan fingerprint density at radius 3 is 1.17 bits per heavy atom. The Hall–Kier alpha value is -1.96. The average molecular weight is 493 g/mol. The zero-order valence-corrected chi connectivity index (χ0v) is 24.7. The molecule has 1 fully saturated rings. The minimum absolute atomic E-state index is 0.167. The average Bonchev–Trinajstić information content (AvgIpc) is 2.71. The molecule has 2 heteroatoms. The van der Waals surface area contributed by atoms with Crippen molar-refractivity contribution in [3.05, 3.63) is 59.7 Å². The van der Waals surface area contributed by atoms with E-state index < -0.39 is 0 Å². The first-order chi connectivity index (χ1) is 16.3. The summed E-state index contributed by atoms with van der Waals surface area (Å²) in [5.41, 5.74) is 3.28. The Bertz CT molecular complexity index is 914. The zero-order valence-electron chi connectivity index (χ0n) is 24.7. The molecule has 0 bridgehead atoms. The highest BCUT2D eigenvalue weighted by atomic mass is 16.3. The number of hydrogen-bond donors (Lipinski definition) is 2. The number of aromatic hydroxyl groups is 2. The lowest BCUT2D eigenvalue weighted by molar-refractivity contribution is -0.000154. The molecule has 200 valence electrons. The fourth-order valence-corrected chi connectivity index (χ4v) is 7.85. The fourth-order valence-electron chi connectivity index (χ4n) is 7.85. The standard InChI is InChI=1S/C34H52O2/c1-30(2,3)22-32(7,8)26-19-27(33(9,10)23-31(4,5)6)21-34(20-26,24-11-15-28(35)16-12-24)25-13-17-29(36)18-14-25/h11-18,26-27,35-36H,19-23H2,1-10H3. The van der Waals surface area contributed by atoms with Crippen LogP contribution in [-0.2, 0) is 5.41 Å². The van der Waals surface area contributed by atoms with Crippen molar-refractivity contribution in [2.45, 2.75) is 107 Å². The Labute approximate surface area is 221 Å². The number of phenolic OH excluding ortho intramolecular Hbond substituents is 2. The molecule has 2 unspecified atom stereocenters. The first kappa shape index (κ1) is 28.6. The predicted octanol–water partition coefficient (Wildman–Crippen LogP) is 9.72. The zero-order chi connectivity index (χ0) is 27.2. The Balaban J connectivity index is 2.21. The Kier molecular flexibility index (Phi) is 7.73. The van der Waals surface area contributed by atoms with Gasteiger partial charge in [0.05, 0.1) is 0 Å². The molecule has 2 aromatic carbocycles. The van der Waals surface area contributed by atoms with E-state index in [9.17, 15) is 10.2 Å². The van der Waals surface area contributed by atoms with Crippen LogP contribution in [0.4, 0.5) is 0 Å². The van der Waals surface area contributed by atoms with Crippen LogP contribution in [0.1, 0.15) is 112 Å². The van der Waals surface area contributed by atoms with E-state index in [0.29, 0.717) is 23.3 Å². The van der Waals surface area contributed by atoms with Crippen LogP contribution in [-0.4, -0.2) is 10.2 Å². The summed E-state index contributed by atoms with van der Waals surface area (Å²) >= 11 is 0. The van der Waals surface area contributed by atoms with Gasteiger partial charge in [-0.15, -0.1) is 0 Å². The quantitative estimate of drug-likeness (QED) is 0.421. The summed E-state index contributed by atoms with van der Waals surface area (Å²) in [5.74, 6) is 1.73. The van der Waals surface area contributed by atoms with E-state index >= 15 is 0 Å². The molecule has 0 radical (unpaired) electrons. The van der Waals surface area contributed by atoms with Gasteiger partial charge in [-0.1, -0.05) is 93.5 Å². The van der Waals surface area contributed by atoms with E-state index in [0.717, 1.165) is 12.8 Å². The van der Waals surface area contributed by atoms with Crippen molar-refractivity contribution in [2.24, 2.45) is 33.5 Å². The third-order valence-corrected chi connectivity index (χ3v) is 8.78. The van der Waals surface area contributed by atoms with E-state index in [-0.39, 0.29) is 27.1 Å². The first-order valence-corrected chi connectivity index (χ1v) is 13.9. The molecule has 0 spiro atoms. The van der Waals surface area contributed by atoms with Gasteiger partial charge in [0.25, 0.3) is 0 Å². The van der Waals surface area contributed by atoms with E-state index in [1.54, 1.807) is 0 Å². The molecule has 2 atom stereocenters. The number of phenols is 2. The molecule has 0 aliphatic heterocycles. The third kappa shape index (κ3) is 6.67. The van der Waals surface area contributed by atoms with Gasteiger partial charge < -0.3 is 10.2 Å². The maximum absolute atomic E-state index is 10.1. The van der Waals surface area contributed by atoms with E-state index in [4.69, 9.17) is 0 Å². The number of hydrogen-bond acceptors (Lipinski definition) is 2. The summed E-state index contributed by atoms with van der Waals surface area (Å²) in [7, 11) is 0. The van der Waals surface area contributed by atoms with Crippen molar-refractivity contribution in [1.29, 1.82) is 0 Å². The highest BCUT2D eigenvalue weighted by molar-refractivity contribution is 5.44. The summed E-state index contributed by atoms with van der Waals surface area (Å²) in [6.45, 7) is 24.1. The highest BCUT2D eigenvalue weighted by Crippen LogP contribution is 2.59. The normalized spacial score (nSPS) is 21.4. The van der Waals surface area contributed by atoms with Gasteiger partial charge in [-0.2, -0.15) is 0 Å². The molecule has 0 amide bonds. The molecule has 1 aliphatic carbocycles. The summed E-state index contributed by atoms with van der Waals surface area (Å²) in [5, 5.41) is 20.3. The molecular weight excluding hydrogens is 440 g/mol. The molecule has 0 heterocycles. The summed E-state index contributed by atoms with van der Waals surface area (Å²) < 4.78 is 0. The lowest BCUT2D eigenvalue weighted by Gasteiger charge is -2.55. The van der Waals surface area contributed by atoms with E-state index in [1.807, 2.05) is 24.3 Å². The molecular formula is C34H52O2. The topological polar surface area (TPSA) is 40.5 Å². The Morgan fingerprint density at radius 2 is 0.889 bits per heavy atom. The lowest BCUT2D eigenvalue weighted by atomic mass is 9.49. The smallest absolute Gasteiger partial charge is 0.115 e. The van der Waals surface area contributed by atoms with E-state index in [1.165, 1.54) is 30.4 Å². The number of benzene rings is 2. The fraction of sp³-hybridized carbons (Fsp3) is 0.647. The van der Waals surface area contributed by atoms with Crippen LogP contribution in [0.5, 0.6) is 11.5 Å². The van der Waals surface area contributed by atoms with Crippen LogP contribution in [0.2, 0.25) is 0 Å². The van der Waals surface area contributed by atoms with Gasteiger partial charge in [0.15, 0.2) is 0 Å². The van der Waals surface area contributed by atoms with Gasteiger partial charge in [-0.05, 0) is 101 Å². The van der Waals surface area contributed by atoms with Crippen LogP contribution in [0.3, 0.4) is 0 Å². The third-order valence-electron chi connectivity index (χ3n) is 8.78. The van der Waals surface area contributed by atoms with Crippen molar-refractivity contribution in [1.82, 2.24) is 0 Å². The van der Waals surface area contributed by atoms with Gasteiger partial charge in [0.1, 0.15) is 11.5 Å². The second-order valence-corrected chi connectivity index (χ2v) is 15.7. The van der Waals surface area contributed by atoms with Crippen LogP contribution in [0.15, 0.2) is 48.5 Å². The molecule has 1 saturated carbocycles. The monoisotopic (exact) mass is 492 g/mol. The minimum Gasteiger partial charge on any atom is -0.508 e. The molecule has 36 heavy (non-hydrogen) atoms.